The van der Waals surface area contributed by atoms with E-state index in [9.17, 15) is 0 Å². The van der Waals surface area contributed by atoms with E-state index in [1.54, 1.807) is 7.11 Å². The molecule has 2 atom stereocenters. The van der Waals surface area contributed by atoms with E-state index >= 15 is 0 Å². The van der Waals surface area contributed by atoms with Gasteiger partial charge in [-0.05, 0) is 49.2 Å². The van der Waals surface area contributed by atoms with E-state index in [1.165, 1.54) is 11.1 Å². The molecule has 0 aliphatic heterocycles. The molecule has 2 rings (SSSR count). The van der Waals surface area contributed by atoms with Crippen molar-refractivity contribution in [2.24, 2.45) is 0 Å². The molecule has 0 aliphatic carbocycles. The Kier molecular flexibility index (Phi) is 5.21. The van der Waals surface area contributed by atoms with Gasteiger partial charge in [-0.2, -0.15) is 0 Å². The van der Waals surface area contributed by atoms with E-state index in [2.05, 4.69) is 71.5 Å². The van der Waals surface area contributed by atoms with E-state index in [0.29, 0.717) is 12.1 Å². The molecule has 0 heterocycles. The summed E-state index contributed by atoms with van der Waals surface area (Å²) in [4.78, 5) is 0. The van der Waals surface area contributed by atoms with E-state index in [4.69, 9.17) is 4.74 Å². The Balaban J connectivity index is 2.02. The van der Waals surface area contributed by atoms with Gasteiger partial charge in [-0.25, -0.2) is 0 Å². The van der Waals surface area contributed by atoms with Gasteiger partial charge in [0.25, 0.3) is 0 Å². The van der Waals surface area contributed by atoms with Crippen LogP contribution in [0.1, 0.15) is 37.1 Å². The average Bonchev–Trinajstić information content (AvgIpc) is 2.48. The lowest BCUT2D eigenvalue weighted by Gasteiger charge is -2.21. The molecule has 0 aliphatic rings. The molecular formula is C17H20BrNO. The molecule has 3 heteroatoms. The number of halogens is 1. The highest BCUT2D eigenvalue weighted by Crippen LogP contribution is 2.22. The first kappa shape index (κ1) is 15.1. The molecule has 0 amide bonds. The van der Waals surface area contributed by atoms with Crippen LogP contribution in [0.5, 0.6) is 5.75 Å². The molecule has 1 N–H and O–H groups in total. The summed E-state index contributed by atoms with van der Waals surface area (Å²) in [5.41, 5.74) is 2.54. The Labute approximate surface area is 129 Å². The third kappa shape index (κ3) is 3.84. The van der Waals surface area contributed by atoms with Crippen molar-refractivity contribution >= 4 is 15.9 Å². The zero-order chi connectivity index (χ0) is 14.5. The minimum atomic E-state index is 0.291. The third-order valence-corrected chi connectivity index (χ3v) is 4.01. The summed E-state index contributed by atoms with van der Waals surface area (Å²) in [6.45, 7) is 4.36. The van der Waals surface area contributed by atoms with Crippen molar-refractivity contribution in [1.29, 1.82) is 0 Å². The van der Waals surface area contributed by atoms with Crippen molar-refractivity contribution in [1.82, 2.24) is 5.32 Å². The lowest BCUT2D eigenvalue weighted by molar-refractivity contribution is 0.414. The first-order valence-corrected chi connectivity index (χ1v) is 7.55. The van der Waals surface area contributed by atoms with Crippen LogP contribution in [0.25, 0.3) is 0 Å². The van der Waals surface area contributed by atoms with Crippen LogP contribution in [0.4, 0.5) is 0 Å². The van der Waals surface area contributed by atoms with Gasteiger partial charge in [-0.1, -0.05) is 40.2 Å². The largest absolute Gasteiger partial charge is 0.497 e. The standard InChI is InChI=1S/C17H20BrNO/c1-12(14-4-8-16(18)9-5-14)19-13(2)15-6-10-17(20-3)11-7-15/h4-13,19H,1-3H3/t12-,13?/m0/s1. The number of rotatable bonds is 5. The zero-order valence-electron chi connectivity index (χ0n) is 12.1. The average molecular weight is 334 g/mol. The summed E-state index contributed by atoms with van der Waals surface area (Å²) in [5.74, 6) is 0.891. The molecule has 1 unspecified atom stereocenters. The topological polar surface area (TPSA) is 21.3 Å². The predicted octanol–water partition coefficient (Wildman–Crippen LogP) is 4.87. The molecular weight excluding hydrogens is 314 g/mol. The van der Waals surface area contributed by atoms with E-state index in [0.717, 1.165) is 10.2 Å². The maximum absolute atomic E-state index is 5.19. The number of methoxy groups -OCH3 is 1. The van der Waals surface area contributed by atoms with Crippen LogP contribution < -0.4 is 10.1 Å². The molecule has 0 spiro atoms. The van der Waals surface area contributed by atoms with Gasteiger partial charge in [0, 0.05) is 16.6 Å². The fraction of sp³-hybridized carbons (Fsp3) is 0.294. The van der Waals surface area contributed by atoms with Crippen LogP contribution in [0.15, 0.2) is 53.0 Å². The summed E-state index contributed by atoms with van der Waals surface area (Å²) in [7, 11) is 1.69. The fourth-order valence-corrected chi connectivity index (χ4v) is 2.48. The van der Waals surface area contributed by atoms with E-state index in [-0.39, 0.29) is 0 Å². The minimum absolute atomic E-state index is 0.291. The molecule has 20 heavy (non-hydrogen) atoms. The number of hydrogen-bond donors (Lipinski definition) is 1. The summed E-state index contributed by atoms with van der Waals surface area (Å²) in [5, 5.41) is 3.61. The second kappa shape index (κ2) is 6.91. The van der Waals surface area contributed by atoms with Gasteiger partial charge in [0.2, 0.25) is 0 Å². The molecule has 0 fully saturated rings. The summed E-state index contributed by atoms with van der Waals surface area (Å²) < 4.78 is 6.29. The molecule has 0 bridgehead atoms. The summed E-state index contributed by atoms with van der Waals surface area (Å²) in [6.07, 6.45) is 0. The van der Waals surface area contributed by atoms with Crippen molar-refractivity contribution in [3.8, 4) is 5.75 Å². The number of nitrogens with one attached hydrogen (secondary N) is 1. The molecule has 0 radical (unpaired) electrons. The molecule has 106 valence electrons. The van der Waals surface area contributed by atoms with E-state index in [1.807, 2.05) is 12.1 Å². The van der Waals surface area contributed by atoms with Crippen LogP contribution in [0.2, 0.25) is 0 Å². The van der Waals surface area contributed by atoms with Crippen LogP contribution in [0.3, 0.4) is 0 Å². The van der Waals surface area contributed by atoms with Crippen molar-refractivity contribution in [3.05, 3.63) is 64.1 Å². The Bertz CT molecular complexity index is 536. The SMILES string of the molecule is COc1ccc(C(C)N[C@@H](C)c2ccc(Br)cc2)cc1. The maximum Gasteiger partial charge on any atom is 0.118 e. The zero-order valence-corrected chi connectivity index (χ0v) is 13.6. The van der Waals surface area contributed by atoms with Gasteiger partial charge in [-0.3, -0.25) is 0 Å². The van der Waals surface area contributed by atoms with Crippen LogP contribution >= 0.6 is 15.9 Å². The van der Waals surface area contributed by atoms with E-state index < -0.39 is 0 Å². The second-order valence-electron chi connectivity index (χ2n) is 4.93. The highest BCUT2D eigenvalue weighted by Gasteiger charge is 2.11. The predicted molar refractivity (Wildman–Crippen MR) is 87.1 cm³/mol. The maximum atomic E-state index is 5.19. The monoisotopic (exact) mass is 333 g/mol. The third-order valence-electron chi connectivity index (χ3n) is 3.49. The van der Waals surface area contributed by atoms with Gasteiger partial charge in [0.05, 0.1) is 7.11 Å². The van der Waals surface area contributed by atoms with Gasteiger partial charge in [0.1, 0.15) is 5.75 Å². The van der Waals surface area contributed by atoms with Gasteiger partial charge in [0.15, 0.2) is 0 Å². The first-order valence-electron chi connectivity index (χ1n) is 6.75. The van der Waals surface area contributed by atoms with Crippen LogP contribution in [-0.4, -0.2) is 7.11 Å². The second-order valence-corrected chi connectivity index (χ2v) is 5.85. The van der Waals surface area contributed by atoms with Gasteiger partial charge < -0.3 is 10.1 Å². The smallest absolute Gasteiger partial charge is 0.118 e. The Morgan fingerprint density at radius 2 is 1.30 bits per heavy atom. The Morgan fingerprint density at radius 3 is 1.75 bits per heavy atom. The van der Waals surface area contributed by atoms with Crippen molar-refractivity contribution in [3.63, 3.8) is 0 Å². The quantitative estimate of drug-likeness (QED) is 0.842. The van der Waals surface area contributed by atoms with Crippen molar-refractivity contribution in [2.75, 3.05) is 7.11 Å². The molecule has 2 nitrogen and oxygen atoms in total. The summed E-state index contributed by atoms with van der Waals surface area (Å²) >= 11 is 3.46. The number of benzene rings is 2. The molecule has 2 aromatic carbocycles. The molecule has 2 aromatic rings. The first-order chi connectivity index (χ1) is 9.60. The highest BCUT2D eigenvalue weighted by atomic mass is 79.9. The number of hydrogen-bond acceptors (Lipinski definition) is 2. The summed E-state index contributed by atoms with van der Waals surface area (Å²) in [6, 6.07) is 17.2. The Morgan fingerprint density at radius 1 is 0.850 bits per heavy atom. The molecule has 0 saturated carbocycles. The fourth-order valence-electron chi connectivity index (χ4n) is 2.21. The number of ether oxygens (including phenoxy) is 1. The molecule has 0 saturated heterocycles. The van der Waals surface area contributed by atoms with Gasteiger partial charge in [-0.15, -0.1) is 0 Å². The van der Waals surface area contributed by atoms with Gasteiger partial charge >= 0.3 is 0 Å². The van der Waals surface area contributed by atoms with Crippen molar-refractivity contribution in [2.45, 2.75) is 25.9 Å². The van der Waals surface area contributed by atoms with Crippen LogP contribution in [0, 0.1) is 0 Å². The van der Waals surface area contributed by atoms with Crippen molar-refractivity contribution < 1.29 is 4.74 Å². The molecule has 0 aromatic heterocycles. The van der Waals surface area contributed by atoms with Crippen LogP contribution in [-0.2, 0) is 0 Å². The minimum Gasteiger partial charge on any atom is -0.497 e. The normalized spacial score (nSPS) is 13.8. The lowest BCUT2D eigenvalue weighted by atomic mass is 10.0. The Hall–Kier alpha value is -1.32. The highest BCUT2D eigenvalue weighted by molar-refractivity contribution is 9.10. The lowest BCUT2D eigenvalue weighted by Crippen LogP contribution is -2.22.